The molecule has 0 bridgehead atoms. The normalized spacial score (nSPS) is 11.5. The third kappa shape index (κ3) is 4.35. The van der Waals surface area contributed by atoms with Crippen molar-refractivity contribution in [2.75, 3.05) is 11.6 Å². The molecule has 1 aromatic carbocycles. The van der Waals surface area contributed by atoms with Crippen LogP contribution in [0.4, 0.5) is 10.1 Å². The van der Waals surface area contributed by atoms with Crippen LogP contribution < -0.4 is 5.32 Å². The second kappa shape index (κ2) is 6.64. The minimum Gasteiger partial charge on any atom is -0.319 e. The first-order valence-electron chi connectivity index (χ1n) is 5.94. The standard InChI is InChI=1S/C12H9Cl3FN3O3S/c1-23(21,22)5-19-11(15)9(14)10(18-19)12(20)17-8-3-2-6(16)4-7(8)13/h2-4H,5H2,1H3,(H,17,20). The Bertz CT molecular complexity index is 883. The van der Waals surface area contributed by atoms with E-state index in [2.05, 4.69) is 10.4 Å². The van der Waals surface area contributed by atoms with E-state index >= 15 is 0 Å². The van der Waals surface area contributed by atoms with Gasteiger partial charge in [-0.05, 0) is 18.2 Å². The number of carbonyl (C=O) groups is 1. The third-order valence-corrected chi connectivity index (χ3v) is 4.45. The Morgan fingerprint density at radius 1 is 1.35 bits per heavy atom. The van der Waals surface area contributed by atoms with E-state index < -0.39 is 27.4 Å². The van der Waals surface area contributed by atoms with Gasteiger partial charge in [-0.25, -0.2) is 17.5 Å². The molecule has 11 heteroatoms. The summed E-state index contributed by atoms with van der Waals surface area (Å²) in [6, 6.07) is 3.39. The Morgan fingerprint density at radius 2 is 2.00 bits per heavy atom. The lowest BCUT2D eigenvalue weighted by Crippen LogP contribution is -2.15. The number of rotatable bonds is 4. The highest BCUT2D eigenvalue weighted by molar-refractivity contribution is 7.89. The SMILES string of the molecule is CS(=O)(=O)Cn1nc(C(=O)Nc2ccc(F)cc2Cl)c(Cl)c1Cl. The summed E-state index contributed by atoms with van der Waals surface area (Å²) < 4.78 is 36.5. The van der Waals surface area contributed by atoms with Gasteiger partial charge in [-0.15, -0.1) is 0 Å². The lowest BCUT2D eigenvalue weighted by Gasteiger charge is -2.05. The molecular formula is C12H9Cl3FN3O3S. The number of hydrogen-bond acceptors (Lipinski definition) is 4. The fourth-order valence-electron chi connectivity index (χ4n) is 1.64. The topological polar surface area (TPSA) is 81.1 Å². The van der Waals surface area contributed by atoms with Crippen molar-refractivity contribution >= 4 is 56.2 Å². The van der Waals surface area contributed by atoms with Crippen LogP contribution in [0.2, 0.25) is 15.2 Å². The van der Waals surface area contributed by atoms with E-state index in [9.17, 15) is 17.6 Å². The number of sulfone groups is 1. The largest absolute Gasteiger partial charge is 0.319 e. The molecule has 1 amide bonds. The van der Waals surface area contributed by atoms with Crippen LogP contribution in [-0.2, 0) is 15.7 Å². The maximum Gasteiger partial charge on any atom is 0.277 e. The number of anilines is 1. The molecular weight excluding hydrogens is 392 g/mol. The minimum absolute atomic E-state index is 0.0175. The Hall–Kier alpha value is -1.35. The van der Waals surface area contributed by atoms with Gasteiger partial charge in [-0.1, -0.05) is 34.8 Å². The molecule has 0 saturated heterocycles. The number of carbonyl (C=O) groups excluding carboxylic acids is 1. The summed E-state index contributed by atoms with van der Waals surface area (Å²) in [5, 5.41) is 5.77. The summed E-state index contributed by atoms with van der Waals surface area (Å²) in [6.45, 7) is 0. The molecule has 0 atom stereocenters. The van der Waals surface area contributed by atoms with Crippen molar-refractivity contribution in [3.05, 3.63) is 44.9 Å². The van der Waals surface area contributed by atoms with Gasteiger partial charge in [-0.2, -0.15) is 5.10 Å². The second-order valence-electron chi connectivity index (χ2n) is 4.59. The predicted octanol–water partition coefficient (Wildman–Crippen LogP) is 3.24. The molecule has 0 spiro atoms. The van der Waals surface area contributed by atoms with Crippen molar-refractivity contribution in [2.45, 2.75) is 5.88 Å². The number of aromatic nitrogens is 2. The third-order valence-electron chi connectivity index (χ3n) is 2.59. The number of halogens is 4. The maximum absolute atomic E-state index is 13.0. The smallest absolute Gasteiger partial charge is 0.277 e. The van der Waals surface area contributed by atoms with E-state index in [-0.39, 0.29) is 26.6 Å². The number of amides is 1. The summed E-state index contributed by atoms with van der Waals surface area (Å²) in [5.74, 6) is -1.86. The molecule has 124 valence electrons. The molecule has 1 heterocycles. The summed E-state index contributed by atoms with van der Waals surface area (Å²) in [4.78, 5) is 12.2. The molecule has 0 unspecified atom stereocenters. The molecule has 2 aromatic rings. The van der Waals surface area contributed by atoms with Crippen LogP contribution in [0.1, 0.15) is 10.5 Å². The number of hydrogen-bond donors (Lipinski definition) is 1. The molecule has 0 radical (unpaired) electrons. The second-order valence-corrected chi connectivity index (χ2v) is 7.84. The van der Waals surface area contributed by atoms with E-state index in [1.807, 2.05) is 0 Å². The highest BCUT2D eigenvalue weighted by Crippen LogP contribution is 2.28. The lowest BCUT2D eigenvalue weighted by molar-refractivity contribution is 0.102. The van der Waals surface area contributed by atoms with Crippen molar-refractivity contribution in [1.82, 2.24) is 9.78 Å². The van der Waals surface area contributed by atoms with Crippen LogP contribution in [0.25, 0.3) is 0 Å². The predicted molar refractivity (Wildman–Crippen MR) is 86.5 cm³/mol. The van der Waals surface area contributed by atoms with Gasteiger partial charge in [0.05, 0.1) is 10.7 Å². The zero-order valence-corrected chi connectivity index (χ0v) is 14.6. The molecule has 1 N–H and O–H groups in total. The molecule has 0 aliphatic rings. The van der Waals surface area contributed by atoms with Gasteiger partial charge in [0.1, 0.15) is 21.9 Å². The first kappa shape index (κ1) is 18.0. The summed E-state index contributed by atoms with van der Waals surface area (Å²) >= 11 is 17.6. The highest BCUT2D eigenvalue weighted by Gasteiger charge is 2.23. The fraction of sp³-hybridized carbons (Fsp3) is 0.167. The molecule has 6 nitrogen and oxygen atoms in total. The van der Waals surface area contributed by atoms with Crippen LogP contribution in [0.15, 0.2) is 18.2 Å². The maximum atomic E-state index is 13.0. The van der Waals surface area contributed by atoms with Crippen molar-refractivity contribution in [2.24, 2.45) is 0 Å². The molecule has 23 heavy (non-hydrogen) atoms. The van der Waals surface area contributed by atoms with Gasteiger partial charge >= 0.3 is 0 Å². The Morgan fingerprint density at radius 3 is 2.57 bits per heavy atom. The van der Waals surface area contributed by atoms with E-state index in [4.69, 9.17) is 34.8 Å². The summed E-state index contributed by atoms with van der Waals surface area (Å²) in [7, 11) is -3.44. The molecule has 2 rings (SSSR count). The zero-order chi connectivity index (χ0) is 17.4. The number of benzene rings is 1. The fourth-order valence-corrected chi connectivity index (χ4v) is 2.97. The van der Waals surface area contributed by atoms with Gasteiger partial charge in [-0.3, -0.25) is 4.79 Å². The van der Waals surface area contributed by atoms with E-state index in [1.165, 1.54) is 6.07 Å². The lowest BCUT2D eigenvalue weighted by atomic mass is 10.3. The van der Waals surface area contributed by atoms with Gasteiger partial charge in [0.15, 0.2) is 15.5 Å². The molecule has 0 fully saturated rings. The molecule has 0 aliphatic carbocycles. The quantitative estimate of drug-likeness (QED) is 0.854. The highest BCUT2D eigenvalue weighted by atomic mass is 35.5. The van der Waals surface area contributed by atoms with Crippen molar-refractivity contribution in [3.63, 3.8) is 0 Å². The van der Waals surface area contributed by atoms with E-state index in [1.54, 1.807) is 0 Å². The monoisotopic (exact) mass is 399 g/mol. The average molecular weight is 401 g/mol. The zero-order valence-electron chi connectivity index (χ0n) is 11.5. The van der Waals surface area contributed by atoms with Crippen LogP contribution in [0.5, 0.6) is 0 Å². The van der Waals surface area contributed by atoms with Crippen molar-refractivity contribution < 1.29 is 17.6 Å². The van der Waals surface area contributed by atoms with Gasteiger partial charge in [0.2, 0.25) is 0 Å². The Kier molecular flexibility index (Phi) is 5.20. The van der Waals surface area contributed by atoms with Gasteiger partial charge in [0, 0.05) is 6.26 Å². The molecule has 0 aliphatic heterocycles. The Balaban J connectivity index is 2.31. The van der Waals surface area contributed by atoms with Crippen LogP contribution in [-0.4, -0.2) is 30.4 Å². The summed E-state index contributed by atoms with van der Waals surface area (Å²) in [5.41, 5.74) is -0.136. The Labute approximate surface area is 146 Å². The molecule has 1 aromatic heterocycles. The molecule has 0 saturated carbocycles. The first-order chi connectivity index (χ1) is 10.6. The first-order valence-corrected chi connectivity index (χ1v) is 9.14. The van der Waals surface area contributed by atoms with Crippen molar-refractivity contribution in [1.29, 1.82) is 0 Å². The van der Waals surface area contributed by atoms with Crippen molar-refractivity contribution in [3.8, 4) is 0 Å². The van der Waals surface area contributed by atoms with E-state index in [0.29, 0.717) is 0 Å². The van der Waals surface area contributed by atoms with Crippen LogP contribution in [0, 0.1) is 5.82 Å². The average Bonchev–Trinajstić information content (AvgIpc) is 2.68. The van der Waals surface area contributed by atoms with E-state index in [0.717, 1.165) is 23.1 Å². The van der Waals surface area contributed by atoms with Gasteiger partial charge in [0.25, 0.3) is 5.91 Å². The van der Waals surface area contributed by atoms with Gasteiger partial charge < -0.3 is 5.32 Å². The van der Waals surface area contributed by atoms with Crippen LogP contribution in [0.3, 0.4) is 0 Å². The number of nitrogens with one attached hydrogen (secondary N) is 1. The van der Waals surface area contributed by atoms with Crippen LogP contribution >= 0.6 is 34.8 Å². The number of nitrogens with zero attached hydrogens (tertiary/aromatic N) is 2. The minimum atomic E-state index is -3.44. The summed E-state index contributed by atoms with van der Waals surface area (Å²) in [6.07, 6.45) is 0.983.